The van der Waals surface area contributed by atoms with Crippen LogP contribution in [0.25, 0.3) is 0 Å². The summed E-state index contributed by atoms with van der Waals surface area (Å²) >= 11 is 8.42. The Balaban J connectivity index is 1.95. The van der Waals surface area contributed by atoms with Gasteiger partial charge >= 0.3 is 0 Å². The molecule has 0 spiro atoms. The van der Waals surface area contributed by atoms with Crippen LogP contribution in [-0.2, 0) is 16.1 Å². The number of hydrogen-bond acceptors (Lipinski definition) is 5. The first-order valence-electron chi connectivity index (χ1n) is 13.3. The van der Waals surface area contributed by atoms with Crippen molar-refractivity contribution in [2.75, 3.05) is 13.2 Å². The lowest BCUT2D eigenvalue weighted by Crippen LogP contribution is -2.53. The van der Waals surface area contributed by atoms with Crippen molar-refractivity contribution in [2.24, 2.45) is 15.9 Å². The topological polar surface area (TPSA) is 43.2 Å². The summed E-state index contributed by atoms with van der Waals surface area (Å²) in [5.74, 6) is 1.44. The fourth-order valence-corrected chi connectivity index (χ4v) is 6.24. The molecule has 0 N–H and O–H groups in total. The van der Waals surface area contributed by atoms with Gasteiger partial charge in [0.05, 0.1) is 13.2 Å². The van der Waals surface area contributed by atoms with E-state index in [1.807, 2.05) is 51.1 Å². The van der Waals surface area contributed by atoms with Gasteiger partial charge in [-0.2, -0.15) is 0 Å². The van der Waals surface area contributed by atoms with Gasteiger partial charge in [0, 0.05) is 14.8 Å². The Morgan fingerprint density at radius 2 is 1.71 bits per heavy atom. The lowest BCUT2D eigenvalue weighted by atomic mass is 9.75. The number of alkyl halides is 1. The van der Waals surface area contributed by atoms with Crippen LogP contribution in [0.1, 0.15) is 71.4 Å². The average Bonchev–Trinajstić information content (AvgIpc) is 2.87. The molecule has 1 unspecified atom stereocenters. The van der Waals surface area contributed by atoms with E-state index in [1.165, 1.54) is 0 Å². The molecule has 1 aliphatic rings. The third-order valence-electron chi connectivity index (χ3n) is 6.95. The van der Waals surface area contributed by atoms with Crippen LogP contribution in [-0.4, -0.2) is 36.1 Å². The van der Waals surface area contributed by atoms with Crippen LogP contribution < -0.4 is 0 Å². The van der Waals surface area contributed by atoms with Crippen LogP contribution in [0.4, 0.5) is 4.39 Å². The third-order valence-corrected chi connectivity index (χ3v) is 8.25. The Morgan fingerprint density at radius 3 is 2.32 bits per heavy atom. The SMILES string of the molecule is C=CC[C@@]1(C)N=C(OCC)[C@](CC(C)c2ccc(Sc3cccc(CF)c3)cc2Cl)(C(C)C)N=C1OCC. The highest BCUT2D eigenvalue weighted by atomic mass is 35.5. The lowest BCUT2D eigenvalue weighted by Gasteiger charge is -2.43. The van der Waals surface area contributed by atoms with Gasteiger partial charge in [0.1, 0.15) is 17.8 Å². The van der Waals surface area contributed by atoms with E-state index >= 15 is 0 Å². The highest BCUT2D eigenvalue weighted by molar-refractivity contribution is 7.99. The molecule has 1 aliphatic heterocycles. The zero-order valence-corrected chi connectivity index (χ0v) is 25.0. The molecule has 0 saturated carbocycles. The Bertz CT molecular complexity index is 1180. The van der Waals surface area contributed by atoms with E-state index < -0.39 is 17.8 Å². The molecule has 0 aromatic heterocycles. The second-order valence-electron chi connectivity index (χ2n) is 10.2. The molecule has 206 valence electrons. The number of nitrogens with zero attached hydrogens (tertiary/aromatic N) is 2. The quantitative estimate of drug-likeness (QED) is 0.258. The summed E-state index contributed by atoms with van der Waals surface area (Å²) in [4.78, 5) is 12.4. The van der Waals surface area contributed by atoms with Crippen LogP contribution >= 0.6 is 23.4 Å². The van der Waals surface area contributed by atoms with Crippen molar-refractivity contribution in [2.45, 2.75) is 87.8 Å². The first kappa shape index (κ1) is 30.2. The highest BCUT2D eigenvalue weighted by Gasteiger charge is 2.50. The maximum absolute atomic E-state index is 13.1. The number of ether oxygens (including phenoxy) is 2. The molecule has 0 amide bonds. The number of benzene rings is 2. The molecule has 1 heterocycles. The van der Waals surface area contributed by atoms with E-state index in [0.717, 1.165) is 15.4 Å². The summed E-state index contributed by atoms with van der Waals surface area (Å²) in [6.45, 7) is 16.9. The third kappa shape index (κ3) is 6.63. The van der Waals surface area contributed by atoms with Gasteiger partial charge < -0.3 is 9.47 Å². The van der Waals surface area contributed by atoms with Gasteiger partial charge in [-0.05, 0) is 80.8 Å². The molecular formula is C31H40ClFN2O2S. The van der Waals surface area contributed by atoms with Crippen molar-refractivity contribution in [3.63, 3.8) is 0 Å². The minimum atomic E-state index is -0.690. The summed E-state index contributed by atoms with van der Waals surface area (Å²) < 4.78 is 25.3. The standard InChI is InChI=1S/C31H40ClFN2O2S/c1-8-16-30(7)28(36-9-2)35-31(21(4)5,29(34-30)37-10-3)19-22(6)26-15-14-25(18-27(26)32)38-24-13-11-12-23(17-24)20-33/h8,11-15,17-18,21-22H,1,9-10,16,19-20H2,2-7H3/t22?,30-,31+/m1/s1. The molecule has 0 radical (unpaired) electrons. The molecule has 0 bridgehead atoms. The first-order valence-corrected chi connectivity index (χ1v) is 14.5. The molecule has 0 aliphatic carbocycles. The summed E-state index contributed by atoms with van der Waals surface area (Å²) in [6, 6.07) is 13.6. The monoisotopic (exact) mass is 558 g/mol. The molecule has 3 atom stereocenters. The number of rotatable bonds is 11. The van der Waals surface area contributed by atoms with Crippen LogP contribution in [0.3, 0.4) is 0 Å². The van der Waals surface area contributed by atoms with Gasteiger partial charge in [-0.3, -0.25) is 0 Å². The minimum Gasteiger partial charge on any atom is -0.480 e. The smallest absolute Gasteiger partial charge is 0.213 e. The molecule has 4 nitrogen and oxygen atoms in total. The van der Waals surface area contributed by atoms with Crippen molar-refractivity contribution < 1.29 is 13.9 Å². The summed E-state index contributed by atoms with van der Waals surface area (Å²) in [5, 5.41) is 0.694. The van der Waals surface area contributed by atoms with E-state index in [-0.39, 0.29) is 11.8 Å². The second kappa shape index (κ2) is 13.2. The van der Waals surface area contributed by atoms with Crippen LogP contribution in [0, 0.1) is 5.92 Å². The van der Waals surface area contributed by atoms with Gasteiger partial charge in [-0.1, -0.05) is 68.4 Å². The molecule has 0 fully saturated rings. The van der Waals surface area contributed by atoms with E-state index in [0.29, 0.717) is 48.4 Å². The van der Waals surface area contributed by atoms with Crippen molar-refractivity contribution >= 4 is 35.2 Å². The van der Waals surface area contributed by atoms with Crippen LogP contribution in [0.2, 0.25) is 5.02 Å². The van der Waals surface area contributed by atoms with E-state index in [2.05, 4.69) is 39.5 Å². The zero-order chi connectivity index (χ0) is 27.9. The number of halogens is 2. The fourth-order valence-electron chi connectivity index (χ4n) is 4.87. The zero-order valence-electron chi connectivity index (χ0n) is 23.4. The molecule has 0 saturated heterocycles. The molecule has 2 aromatic rings. The van der Waals surface area contributed by atoms with Crippen molar-refractivity contribution in [1.82, 2.24) is 0 Å². The van der Waals surface area contributed by atoms with Crippen molar-refractivity contribution in [3.05, 3.63) is 71.3 Å². The Hall–Kier alpha value is -2.31. The molecule has 2 aromatic carbocycles. The van der Waals surface area contributed by atoms with Gasteiger partial charge in [0.25, 0.3) is 0 Å². The predicted molar refractivity (Wildman–Crippen MR) is 159 cm³/mol. The predicted octanol–water partition coefficient (Wildman–Crippen LogP) is 9.07. The van der Waals surface area contributed by atoms with Crippen LogP contribution in [0.15, 0.2) is 74.9 Å². The Labute approximate surface area is 236 Å². The average molecular weight is 559 g/mol. The summed E-state index contributed by atoms with van der Waals surface area (Å²) in [7, 11) is 0. The van der Waals surface area contributed by atoms with Gasteiger partial charge in [0.2, 0.25) is 11.8 Å². The Morgan fingerprint density at radius 1 is 1.03 bits per heavy atom. The van der Waals surface area contributed by atoms with Crippen LogP contribution in [0.5, 0.6) is 0 Å². The lowest BCUT2D eigenvalue weighted by molar-refractivity contribution is 0.216. The maximum Gasteiger partial charge on any atom is 0.213 e. The summed E-state index contributed by atoms with van der Waals surface area (Å²) in [5.41, 5.74) is 0.363. The van der Waals surface area contributed by atoms with Gasteiger partial charge in [-0.25, -0.2) is 14.4 Å². The molecule has 38 heavy (non-hydrogen) atoms. The van der Waals surface area contributed by atoms with E-state index in [4.69, 9.17) is 31.1 Å². The first-order chi connectivity index (χ1) is 18.1. The maximum atomic E-state index is 13.1. The van der Waals surface area contributed by atoms with Gasteiger partial charge in [-0.15, -0.1) is 6.58 Å². The largest absolute Gasteiger partial charge is 0.480 e. The second-order valence-corrected chi connectivity index (χ2v) is 11.8. The fraction of sp³-hybridized carbons (Fsp3) is 0.484. The number of hydrogen-bond donors (Lipinski definition) is 0. The molecule has 7 heteroatoms. The summed E-state index contributed by atoms with van der Waals surface area (Å²) in [6.07, 6.45) is 3.11. The minimum absolute atomic E-state index is 0.0693. The molecule has 3 rings (SSSR count). The van der Waals surface area contributed by atoms with Gasteiger partial charge in [0.15, 0.2) is 0 Å². The normalized spacial score (nSPS) is 22.0. The number of aliphatic imine (C=N–C) groups is 2. The molecular weight excluding hydrogens is 519 g/mol. The Kier molecular flexibility index (Phi) is 10.5. The van der Waals surface area contributed by atoms with E-state index in [9.17, 15) is 4.39 Å². The highest BCUT2D eigenvalue weighted by Crippen LogP contribution is 2.43. The van der Waals surface area contributed by atoms with E-state index in [1.54, 1.807) is 17.8 Å². The van der Waals surface area contributed by atoms with Crippen molar-refractivity contribution in [1.29, 1.82) is 0 Å². The van der Waals surface area contributed by atoms with Crippen molar-refractivity contribution in [3.8, 4) is 0 Å².